The van der Waals surface area contributed by atoms with E-state index in [1.54, 1.807) is 25.1 Å². The predicted octanol–water partition coefficient (Wildman–Crippen LogP) is 1.49. The summed E-state index contributed by atoms with van der Waals surface area (Å²) in [6.07, 6.45) is 0. The SMILES string of the molecule is CC(=O)N(CC(C)C(=O)O)c1ccc2c(c1)OCO2. The average molecular weight is 265 g/mol. The van der Waals surface area contributed by atoms with E-state index in [2.05, 4.69) is 0 Å². The summed E-state index contributed by atoms with van der Waals surface area (Å²) in [5, 5.41) is 8.93. The van der Waals surface area contributed by atoms with Crippen LogP contribution in [0.15, 0.2) is 18.2 Å². The van der Waals surface area contributed by atoms with Gasteiger partial charge < -0.3 is 19.5 Å². The largest absolute Gasteiger partial charge is 0.481 e. The van der Waals surface area contributed by atoms with E-state index >= 15 is 0 Å². The van der Waals surface area contributed by atoms with Crippen LogP contribution in [0.5, 0.6) is 11.5 Å². The van der Waals surface area contributed by atoms with Crippen LogP contribution in [0.25, 0.3) is 0 Å². The zero-order valence-corrected chi connectivity index (χ0v) is 10.8. The van der Waals surface area contributed by atoms with Gasteiger partial charge in [-0.05, 0) is 12.1 Å². The van der Waals surface area contributed by atoms with Gasteiger partial charge in [0.15, 0.2) is 11.5 Å². The van der Waals surface area contributed by atoms with Crippen LogP contribution < -0.4 is 14.4 Å². The van der Waals surface area contributed by atoms with Gasteiger partial charge in [-0.25, -0.2) is 0 Å². The molecule has 0 saturated carbocycles. The van der Waals surface area contributed by atoms with E-state index < -0.39 is 11.9 Å². The smallest absolute Gasteiger partial charge is 0.308 e. The molecule has 0 radical (unpaired) electrons. The summed E-state index contributed by atoms with van der Waals surface area (Å²) in [6, 6.07) is 5.10. The zero-order chi connectivity index (χ0) is 14.0. The second-order valence-electron chi connectivity index (χ2n) is 4.41. The summed E-state index contributed by atoms with van der Waals surface area (Å²) in [6.45, 7) is 3.24. The maximum Gasteiger partial charge on any atom is 0.308 e. The third kappa shape index (κ3) is 2.78. The van der Waals surface area contributed by atoms with Gasteiger partial charge in [-0.1, -0.05) is 6.92 Å². The molecule has 19 heavy (non-hydrogen) atoms. The highest BCUT2D eigenvalue weighted by Gasteiger charge is 2.22. The minimum absolute atomic E-state index is 0.115. The van der Waals surface area contributed by atoms with Crippen molar-refractivity contribution in [2.45, 2.75) is 13.8 Å². The first-order chi connectivity index (χ1) is 8.99. The lowest BCUT2D eigenvalue weighted by molar-refractivity contribution is -0.140. The molecule has 1 heterocycles. The number of anilines is 1. The Morgan fingerprint density at radius 3 is 2.68 bits per heavy atom. The van der Waals surface area contributed by atoms with Crippen LogP contribution in [0.3, 0.4) is 0 Å². The molecule has 0 aromatic heterocycles. The summed E-state index contributed by atoms with van der Waals surface area (Å²) in [5.74, 6) is -0.612. The van der Waals surface area contributed by atoms with E-state index in [1.807, 2.05) is 0 Å². The lowest BCUT2D eigenvalue weighted by atomic mass is 10.1. The molecule has 1 aliphatic heterocycles. The van der Waals surface area contributed by atoms with Gasteiger partial charge >= 0.3 is 5.97 Å². The van der Waals surface area contributed by atoms with Gasteiger partial charge in [-0.2, -0.15) is 0 Å². The average Bonchev–Trinajstić information content (AvgIpc) is 2.81. The molecular weight excluding hydrogens is 250 g/mol. The fraction of sp³-hybridized carbons (Fsp3) is 0.385. The number of carbonyl (C=O) groups is 2. The first-order valence-electron chi connectivity index (χ1n) is 5.89. The molecule has 1 amide bonds. The fourth-order valence-corrected chi connectivity index (χ4v) is 1.82. The van der Waals surface area contributed by atoms with Gasteiger partial charge in [-0.15, -0.1) is 0 Å². The third-order valence-electron chi connectivity index (χ3n) is 2.93. The van der Waals surface area contributed by atoms with Crippen molar-refractivity contribution in [3.05, 3.63) is 18.2 Å². The van der Waals surface area contributed by atoms with Crippen molar-refractivity contribution >= 4 is 17.6 Å². The molecule has 1 aromatic carbocycles. The number of carbonyl (C=O) groups excluding carboxylic acids is 1. The number of benzene rings is 1. The fourth-order valence-electron chi connectivity index (χ4n) is 1.82. The Kier molecular flexibility index (Phi) is 3.59. The van der Waals surface area contributed by atoms with Crippen molar-refractivity contribution in [2.75, 3.05) is 18.2 Å². The zero-order valence-electron chi connectivity index (χ0n) is 10.8. The molecule has 1 unspecified atom stereocenters. The van der Waals surface area contributed by atoms with E-state index in [1.165, 1.54) is 11.8 Å². The van der Waals surface area contributed by atoms with E-state index in [9.17, 15) is 9.59 Å². The second kappa shape index (κ2) is 5.17. The first kappa shape index (κ1) is 13.2. The molecule has 1 aliphatic rings. The maximum atomic E-state index is 11.7. The minimum Gasteiger partial charge on any atom is -0.481 e. The Balaban J connectivity index is 2.24. The molecule has 6 heteroatoms. The number of nitrogens with zero attached hydrogens (tertiary/aromatic N) is 1. The number of rotatable bonds is 4. The lowest BCUT2D eigenvalue weighted by Gasteiger charge is -2.23. The number of amides is 1. The van der Waals surface area contributed by atoms with Gasteiger partial charge in [0.05, 0.1) is 5.92 Å². The van der Waals surface area contributed by atoms with E-state index in [4.69, 9.17) is 14.6 Å². The van der Waals surface area contributed by atoms with Crippen LogP contribution in [0.1, 0.15) is 13.8 Å². The normalized spacial score (nSPS) is 14.0. The van der Waals surface area contributed by atoms with Crippen molar-refractivity contribution in [1.29, 1.82) is 0 Å². The van der Waals surface area contributed by atoms with Gasteiger partial charge in [0.1, 0.15) is 0 Å². The summed E-state index contributed by atoms with van der Waals surface area (Å²) in [5.41, 5.74) is 0.602. The molecule has 1 atom stereocenters. The Morgan fingerprint density at radius 1 is 1.37 bits per heavy atom. The van der Waals surface area contributed by atoms with E-state index in [0.717, 1.165) is 0 Å². The Bertz CT molecular complexity index is 514. The molecule has 0 aliphatic carbocycles. The van der Waals surface area contributed by atoms with Gasteiger partial charge in [0, 0.05) is 25.2 Å². The predicted molar refractivity (Wildman–Crippen MR) is 67.4 cm³/mol. The number of hydrogen-bond donors (Lipinski definition) is 1. The van der Waals surface area contributed by atoms with Crippen molar-refractivity contribution in [1.82, 2.24) is 0 Å². The van der Waals surface area contributed by atoms with Crippen molar-refractivity contribution in [3.63, 3.8) is 0 Å². The van der Waals surface area contributed by atoms with Gasteiger partial charge in [0.25, 0.3) is 0 Å². The Labute approximate surface area is 110 Å². The number of carboxylic acids is 1. The Morgan fingerprint density at radius 2 is 2.05 bits per heavy atom. The Hall–Kier alpha value is -2.24. The molecule has 0 fully saturated rings. The summed E-state index contributed by atoms with van der Waals surface area (Å²) < 4.78 is 10.4. The highest BCUT2D eigenvalue weighted by atomic mass is 16.7. The van der Waals surface area contributed by atoms with Crippen LogP contribution in [0.4, 0.5) is 5.69 Å². The van der Waals surface area contributed by atoms with Gasteiger partial charge in [0.2, 0.25) is 12.7 Å². The summed E-state index contributed by atoms with van der Waals surface area (Å²) in [7, 11) is 0. The van der Waals surface area contributed by atoms with Gasteiger partial charge in [-0.3, -0.25) is 9.59 Å². The van der Waals surface area contributed by atoms with E-state index in [0.29, 0.717) is 17.2 Å². The maximum absolute atomic E-state index is 11.7. The van der Waals surface area contributed by atoms with Crippen LogP contribution in [0, 0.1) is 5.92 Å². The van der Waals surface area contributed by atoms with Crippen molar-refractivity contribution < 1.29 is 24.2 Å². The molecule has 6 nitrogen and oxygen atoms in total. The van der Waals surface area contributed by atoms with Crippen LogP contribution in [-0.4, -0.2) is 30.3 Å². The minimum atomic E-state index is -0.938. The molecule has 102 valence electrons. The number of hydrogen-bond acceptors (Lipinski definition) is 4. The lowest BCUT2D eigenvalue weighted by Crippen LogP contribution is -2.35. The number of aliphatic carboxylic acids is 1. The van der Waals surface area contributed by atoms with Crippen LogP contribution in [-0.2, 0) is 9.59 Å². The molecular formula is C13H15NO5. The number of fused-ring (bicyclic) bond motifs is 1. The van der Waals surface area contributed by atoms with Crippen molar-refractivity contribution in [2.24, 2.45) is 5.92 Å². The second-order valence-corrected chi connectivity index (χ2v) is 4.41. The first-order valence-corrected chi connectivity index (χ1v) is 5.89. The standard InChI is InChI=1S/C13H15NO5/c1-8(13(16)17)6-14(9(2)15)10-3-4-11-12(5-10)19-7-18-11/h3-5,8H,6-7H2,1-2H3,(H,16,17). The van der Waals surface area contributed by atoms with Crippen molar-refractivity contribution in [3.8, 4) is 11.5 Å². The molecule has 0 bridgehead atoms. The molecule has 0 saturated heterocycles. The monoisotopic (exact) mass is 265 g/mol. The molecule has 1 aromatic rings. The summed E-state index contributed by atoms with van der Waals surface area (Å²) in [4.78, 5) is 24.0. The highest BCUT2D eigenvalue weighted by molar-refractivity contribution is 5.92. The molecule has 2 rings (SSSR count). The highest BCUT2D eigenvalue weighted by Crippen LogP contribution is 2.35. The summed E-state index contributed by atoms with van der Waals surface area (Å²) >= 11 is 0. The quantitative estimate of drug-likeness (QED) is 0.892. The van der Waals surface area contributed by atoms with E-state index in [-0.39, 0.29) is 19.2 Å². The van der Waals surface area contributed by atoms with Crippen LogP contribution in [0.2, 0.25) is 0 Å². The third-order valence-corrected chi connectivity index (χ3v) is 2.93. The number of carboxylic acid groups (broad SMARTS) is 1. The number of ether oxygens (including phenoxy) is 2. The molecule has 0 spiro atoms. The molecule has 1 N–H and O–H groups in total. The van der Waals surface area contributed by atoms with Crippen LogP contribution >= 0.6 is 0 Å². The topological polar surface area (TPSA) is 76.1 Å².